The fraction of sp³-hybridized carbons (Fsp3) is 0.423. The maximum Gasteiger partial charge on any atom is 0.139 e. The predicted molar refractivity (Wildman–Crippen MR) is 136 cm³/mol. The van der Waals surface area contributed by atoms with Crippen LogP contribution in [-0.2, 0) is 0 Å². The molecular formula is C26H34N6O. The first-order valence-corrected chi connectivity index (χ1v) is 12.1. The van der Waals surface area contributed by atoms with Crippen molar-refractivity contribution < 1.29 is 5.11 Å². The summed E-state index contributed by atoms with van der Waals surface area (Å²) < 4.78 is 0. The summed E-state index contributed by atoms with van der Waals surface area (Å²) in [6.07, 6.45) is 2.83. The summed E-state index contributed by atoms with van der Waals surface area (Å²) in [5.74, 6) is 0. The second-order valence-electron chi connectivity index (χ2n) is 9.03. The summed E-state index contributed by atoms with van der Waals surface area (Å²) in [5.41, 5.74) is 6.53. The van der Waals surface area contributed by atoms with Crippen molar-refractivity contribution in [2.24, 2.45) is 4.99 Å². The molecule has 3 aromatic rings. The van der Waals surface area contributed by atoms with E-state index < -0.39 is 6.23 Å². The maximum absolute atomic E-state index is 10.4. The largest absolute Gasteiger partial charge is 0.372 e. The average molecular weight is 447 g/mol. The Balaban J connectivity index is 1.27. The van der Waals surface area contributed by atoms with Gasteiger partial charge in [0.1, 0.15) is 12.4 Å². The highest BCUT2D eigenvalue weighted by Crippen LogP contribution is 2.27. The molecule has 0 amide bonds. The van der Waals surface area contributed by atoms with E-state index in [9.17, 15) is 5.11 Å². The Morgan fingerprint density at radius 2 is 1.94 bits per heavy atom. The number of anilines is 1. The van der Waals surface area contributed by atoms with Crippen molar-refractivity contribution >= 4 is 22.3 Å². The van der Waals surface area contributed by atoms with Crippen molar-refractivity contribution in [3.63, 3.8) is 0 Å². The number of nitrogens with one attached hydrogen (secondary N) is 5. The van der Waals surface area contributed by atoms with Crippen LogP contribution in [0.2, 0.25) is 0 Å². The predicted octanol–water partition coefficient (Wildman–Crippen LogP) is 3.04. The Hall–Kier alpha value is -2.71. The van der Waals surface area contributed by atoms with Gasteiger partial charge in [-0.1, -0.05) is 31.2 Å². The lowest BCUT2D eigenvalue weighted by molar-refractivity contribution is 0.163. The van der Waals surface area contributed by atoms with E-state index >= 15 is 0 Å². The highest BCUT2D eigenvalue weighted by atomic mass is 16.3. The van der Waals surface area contributed by atoms with Crippen molar-refractivity contribution in [3.05, 3.63) is 54.1 Å². The minimum atomic E-state index is -0.578. The van der Waals surface area contributed by atoms with Crippen LogP contribution in [0, 0.1) is 0 Å². The molecule has 6 N–H and O–H groups in total. The van der Waals surface area contributed by atoms with Crippen LogP contribution in [0.1, 0.15) is 31.7 Å². The molecule has 7 nitrogen and oxygen atoms in total. The number of benzene rings is 2. The van der Waals surface area contributed by atoms with E-state index in [1.807, 2.05) is 6.07 Å². The van der Waals surface area contributed by atoms with Gasteiger partial charge in [0.2, 0.25) is 0 Å². The van der Waals surface area contributed by atoms with Crippen molar-refractivity contribution in [1.82, 2.24) is 20.9 Å². The van der Waals surface area contributed by atoms with E-state index in [4.69, 9.17) is 4.99 Å². The van der Waals surface area contributed by atoms with Gasteiger partial charge in [0.05, 0.1) is 11.8 Å². The zero-order chi connectivity index (χ0) is 22.6. The summed E-state index contributed by atoms with van der Waals surface area (Å²) in [5, 5.41) is 25.0. The van der Waals surface area contributed by atoms with Gasteiger partial charge in [0.15, 0.2) is 0 Å². The van der Waals surface area contributed by atoms with Crippen LogP contribution in [0.15, 0.2) is 53.5 Å². The van der Waals surface area contributed by atoms with Gasteiger partial charge in [0.25, 0.3) is 0 Å². The molecule has 3 atom stereocenters. The molecule has 1 aromatic heterocycles. The summed E-state index contributed by atoms with van der Waals surface area (Å²) in [4.78, 5) is 8.35. The van der Waals surface area contributed by atoms with Crippen molar-refractivity contribution in [2.45, 2.75) is 44.6 Å². The SMILES string of the molecule is CCCNCC1N=C(c2ccc(-c3cc4cc(NC(O)C5CCCN5)ccc4[nH]3)cc2)CN1. The third kappa shape index (κ3) is 5.12. The molecule has 0 saturated carbocycles. The summed E-state index contributed by atoms with van der Waals surface area (Å²) >= 11 is 0. The van der Waals surface area contributed by atoms with Gasteiger partial charge >= 0.3 is 0 Å². The molecule has 0 aliphatic carbocycles. The molecule has 1 saturated heterocycles. The highest BCUT2D eigenvalue weighted by molar-refractivity contribution is 6.03. The molecule has 7 heteroatoms. The van der Waals surface area contributed by atoms with Gasteiger partial charge in [-0.3, -0.25) is 10.3 Å². The number of aromatic nitrogens is 1. The van der Waals surface area contributed by atoms with E-state index in [1.165, 1.54) is 5.56 Å². The van der Waals surface area contributed by atoms with E-state index in [-0.39, 0.29) is 12.2 Å². The molecule has 0 radical (unpaired) electrons. The summed E-state index contributed by atoms with van der Waals surface area (Å²) in [6.45, 7) is 5.85. The number of H-pyrrole nitrogens is 1. The fourth-order valence-corrected chi connectivity index (χ4v) is 4.68. The number of nitrogens with zero attached hydrogens (tertiary/aromatic N) is 1. The van der Waals surface area contributed by atoms with Crippen molar-refractivity contribution in [3.8, 4) is 11.3 Å². The normalized spacial score (nSPS) is 21.5. The minimum Gasteiger partial charge on any atom is -0.372 e. The lowest BCUT2D eigenvalue weighted by Crippen LogP contribution is -2.39. The highest BCUT2D eigenvalue weighted by Gasteiger charge is 2.22. The molecule has 3 unspecified atom stereocenters. The van der Waals surface area contributed by atoms with Crippen LogP contribution in [0.5, 0.6) is 0 Å². The molecule has 2 aliphatic heterocycles. The lowest BCUT2D eigenvalue weighted by Gasteiger charge is -2.20. The molecular weight excluding hydrogens is 412 g/mol. The molecule has 0 bridgehead atoms. The van der Waals surface area contributed by atoms with Gasteiger partial charge < -0.3 is 26.0 Å². The number of aliphatic hydroxyl groups excluding tert-OH is 1. The van der Waals surface area contributed by atoms with Crippen molar-refractivity contribution in [2.75, 3.05) is 31.5 Å². The Bertz CT molecular complexity index is 1100. The van der Waals surface area contributed by atoms with E-state index in [0.717, 1.165) is 79.0 Å². The topological polar surface area (TPSA) is 96.5 Å². The minimum absolute atomic E-state index is 0.114. The first-order valence-electron chi connectivity index (χ1n) is 12.1. The van der Waals surface area contributed by atoms with Gasteiger partial charge in [-0.2, -0.15) is 0 Å². The average Bonchev–Trinajstić information content (AvgIpc) is 3.60. The third-order valence-corrected chi connectivity index (χ3v) is 6.53. The lowest BCUT2D eigenvalue weighted by atomic mass is 10.1. The van der Waals surface area contributed by atoms with Gasteiger partial charge in [-0.15, -0.1) is 0 Å². The number of aliphatic hydroxyl groups is 1. The summed E-state index contributed by atoms with van der Waals surface area (Å²) in [7, 11) is 0. The number of rotatable bonds is 9. The summed E-state index contributed by atoms with van der Waals surface area (Å²) in [6, 6.07) is 17.1. The second-order valence-corrected chi connectivity index (χ2v) is 9.03. The van der Waals surface area contributed by atoms with Crippen LogP contribution < -0.4 is 21.3 Å². The second kappa shape index (κ2) is 10.1. The van der Waals surface area contributed by atoms with Gasteiger partial charge in [0, 0.05) is 35.4 Å². The third-order valence-electron chi connectivity index (χ3n) is 6.53. The quantitative estimate of drug-likeness (QED) is 0.224. The Kier molecular flexibility index (Phi) is 6.73. The number of hydrogen-bond donors (Lipinski definition) is 6. The van der Waals surface area contributed by atoms with E-state index in [0.29, 0.717) is 0 Å². The molecule has 2 aromatic carbocycles. The number of fused-ring (bicyclic) bond motifs is 1. The standard InChI is InChI=1S/C26H34N6O/c1-2-11-27-16-25-29-15-24(32-25)18-7-5-17(6-8-18)23-14-19-13-20(9-10-21(19)31-23)30-26(33)22-4-3-12-28-22/h5-10,13-14,22,25-31,33H,2-4,11-12,15-16H2,1H3. The molecule has 1 fully saturated rings. The molecule has 2 aliphatic rings. The van der Waals surface area contributed by atoms with E-state index in [1.54, 1.807) is 0 Å². The Morgan fingerprint density at radius 1 is 1.09 bits per heavy atom. The first-order chi connectivity index (χ1) is 16.2. The van der Waals surface area contributed by atoms with E-state index in [2.05, 4.69) is 75.6 Å². The molecule has 174 valence electrons. The fourth-order valence-electron chi connectivity index (χ4n) is 4.68. The zero-order valence-electron chi connectivity index (χ0n) is 19.2. The molecule has 33 heavy (non-hydrogen) atoms. The van der Waals surface area contributed by atoms with Crippen LogP contribution in [-0.4, -0.2) is 60.4 Å². The van der Waals surface area contributed by atoms with Crippen LogP contribution in [0.4, 0.5) is 5.69 Å². The maximum atomic E-state index is 10.4. The van der Waals surface area contributed by atoms with Crippen molar-refractivity contribution in [1.29, 1.82) is 0 Å². The number of hydrogen-bond acceptors (Lipinski definition) is 6. The van der Waals surface area contributed by atoms with Crippen LogP contribution >= 0.6 is 0 Å². The van der Waals surface area contributed by atoms with Gasteiger partial charge in [-0.05, 0) is 67.7 Å². The monoisotopic (exact) mass is 446 g/mol. The van der Waals surface area contributed by atoms with Gasteiger partial charge in [-0.25, -0.2) is 0 Å². The Morgan fingerprint density at radius 3 is 2.73 bits per heavy atom. The number of aromatic amines is 1. The van der Waals surface area contributed by atoms with Crippen LogP contribution in [0.3, 0.4) is 0 Å². The molecule has 3 heterocycles. The molecule has 0 spiro atoms. The molecule has 5 rings (SSSR count). The first kappa shape index (κ1) is 22.1. The number of aliphatic imine (C=N–C) groups is 1. The zero-order valence-corrected chi connectivity index (χ0v) is 19.2. The smallest absolute Gasteiger partial charge is 0.139 e. The Labute approximate surface area is 195 Å². The van der Waals surface area contributed by atoms with Crippen LogP contribution in [0.25, 0.3) is 22.2 Å².